The number of nitrogens with one attached hydrogen (secondary N) is 1. The summed E-state index contributed by atoms with van der Waals surface area (Å²) >= 11 is 1.14. The summed E-state index contributed by atoms with van der Waals surface area (Å²) in [7, 11) is 0. The fourth-order valence-electron chi connectivity index (χ4n) is 3.02. The molecule has 32 heavy (non-hydrogen) atoms. The highest BCUT2D eigenvalue weighted by Crippen LogP contribution is 2.23. The largest absolute Gasteiger partial charge is 0.342 e. The fourth-order valence-corrected chi connectivity index (χ4v) is 3.92. The maximum absolute atomic E-state index is 13.9. The number of carbonyl (C=O) groups is 2. The van der Waals surface area contributed by atoms with Gasteiger partial charge in [0.25, 0.3) is 11.6 Å². The molecule has 0 fully saturated rings. The van der Waals surface area contributed by atoms with Crippen molar-refractivity contribution in [2.45, 2.75) is 31.6 Å². The van der Waals surface area contributed by atoms with Gasteiger partial charge in [0.2, 0.25) is 0 Å². The number of nitrogens with zero attached hydrogens (tertiary/aromatic N) is 4. The average Bonchev–Trinajstić information content (AvgIpc) is 3.20. The van der Waals surface area contributed by atoms with Crippen molar-refractivity contribution in [3.63, 3.8) is 0 Å². The minimum atomic E-state index is -0.620. The first kappa shape index (κ1) is 23.1. The molecule has 0 radical (unpaired) electrons. The zero-order valence-corrected chi connectivity index (χ0v) is 18.1. The third-order valence-corrected chi connectivity index (χ3v) is 5.59. The lowest BCUT2D eigenvalue weighted by Gasteiger charge is -2.15. The van der Waals surface area contributed by atoms with Gasteiger partial charge in [0.15, 0.2) is 16.8 Å². The fraction of sp³-hybridized carbons (Fsp3) is 0.238. The monoisotopic (exact) mass is 457 g/mol. The number of nitro benzene ring substituents is 1. The topological polar surface area (TPSA) is 120 Å². The number of benzene rings is 2. The van der Waals surface area contributed by atoms with Crippen LogP contribution in [0.25, 0.3) is 0 Å². The van der Waals surface area contributed by atoms with E-state index >= 15 is 0 Å². The summed E-state index contributed by atoms with van der Waals surface area (Å²) in [6.07, 6.45) is 0. The van der Waals surface area contributed by atoms with Crippen LogP contribution < -0.4 is 5.32 Å². The molecule has 9 nitrogen and oxygen atoms in total. The number of thioether (sulfide) groups is 1. The molecular formula is C21H20FN5O4S. The zero-order valence-electron chi connectivity index (χ0n) is 17.3. The van der Waals surface area contributed by atoms with Crippen LogP contribution in [0.1, 0.15) is 46.4 Å². The van der Waals surface area contributed by atoms with Gasteiger partial charge in [-0.2, -0.15) is 0 Å². The summed E-state index contributed by atoms with van der Waals surface area (Å²) in [4.78, 5) is 35.2. The lowest BCUT2D eigenvalue weighted by Crippen LogP contribution is -2.29. The van der Waals surface area contributed by atoms with Crippen molar-refractivity contribution in [2.24, 2.45) is 0 Å². The van der Waals surface area contributed by atoms with Crippen LogP contribution in [0.5, 0.6) is 0 Å². The van der Waals surface area contributed by atoms with Crippen LogP contribution >= 0.6 is 11.8 Å². The summed E-state index contributed by atoms with van der Waals surface area (Å²) in [5, 5.41) is 22.3. The smallest absolute Gasteiger partial charge is 0.270 e. The number of amides is 1. The normalized spacial score (nSPS) is 11.7. The molecule has 2 aromatic carbocycles. The number of rotatable bonds is 9. The highest BCUT2D eigenvalue weighted by molar-refractivity contribution is 7.99. The number of halogens is 1. The van der Waals surface area contributed by atoms with Crippen LogP contribution in [-0.2, 0) is 6.54 Å². The number of Topliss-reactive ketones (excluding diaryl/α,β-unsaturated/α-hetero) is 1. The third kappa shape index (κ3) is 5.17. The van der Waals surface area contributed by atoms with Gasteiger partial charge in [-0.25, -0.2) is 4.39 Å². The van der Waals surface area contributed by atoms with E-state index in [0.717, 1.165) is 11.8 Å². The number of hydrogen-bond donors (Lipinski definition) is 1. The van der Waals surface area contributed by atoms with Crippen molar-refractivity contribution >= 4 is 29.1 Å². The Morgan fingerprint density at radius 1 is 1.22 bits per heavy atom. The van der Waals surface area contributed by atoms with Gasteiger partial charge in [-0.05, 0) is 26.0 Å². The van der Waals surface area contributed by atoms with Gasteiger partial charge in [-0.1, -0.05) is 36.0 Å². The molecule has 166 valence electrons. The van der Waals surface area contributed by atoms with Crippen LogP contribution in [0.15, 0.2) is 53.7 Å². The zero-order chi connectivity index (χ0) is 23.3. The van der Waals surface area contributed by atoms with Gasteiger partial charge in [0, 0.05) is 24.2 Å². The molecule has 1 amide bonds. The number of nitro groups is 1. The summed E-state index contributed by atoms with van der Waals surface area (Å²) in [5.41, 5.74) is 0.0124. The van der Waals surface area contributed by atoms with E-state index in [4.69, 9.17) is 0 Å². The average molecular weight is 457 g/mol. The number of carbonyl (C=O) groups excluding carboxylic acids is 2. The number of aromatic nitrogens is 3. The Morgan fingerprint density at radius 2 is 1.97 bits per heavy atom. The summed E-state index contributed by atoms with van der Waals surface area (Å²) in [5.74, 6) is -1.01. The highest BCUT2D eigenvalue weighted by Gasteiger charge is 2.21. The predicted octanol–water partition coefficient (Wildman–Crippen LogP) is 3.81. The maximum atomic E-state index is 13.9. The third-order valence-electron chi connectivity index (χ3n) is 4.63. The van der Waals surface area contributed by atoms with Gasteiger partial charge >= 0.3 is 0 Å². The Hall–Kier alpha value is -3.60. The standard InChI is InChI=1S/C21H20FN5O4S/c1-3-26-19(13(2)23-20(29)16-9-4-5-10-17(16)22)24-25-21(26)32-12-18(28)14-7-6-8-15(11-14)27(30)31/h4-11,13H,3,12H2,1-2H3,(H,23,29)/t13-/m0/s1. The number of ketones is 1. The van der Waals surface area contributed by atoms with E-state index in [1.165, 1.54) is 42.5 Å². The predicted molar refractivity (Wildman–Crippen MR) is 116 cm³/mol. The second-order valence-electron chi connectivity index (χ2n) is 6.78. The quantitative estimate of drug-likeness (QED) is 0.224. The second-order valence-corrected chi connectivity index (χ2v) is 7.72. The molecule has 0 aliphatic heterocycles. The molecule has 3 aromatic rings. The molecule has 0 saturated carbocycles. The van der Waals surface area contributed by atoms with Gasteiger partial charge in [0.1, 0.15) is 5.82 Å². The van der Waals surface area contributed by atoms with E-state index < -0.39 is 22.7 Å². The molecule has 1 N–H and O–H groups in total. The van der Waals surface area contributed by atoms with Crippen molar-refractivity contribution < 1.29 is 18.9 Å². The van der Waals surface area contributed by atoms with Crippen LogP contribution in [-0.4, -0.2) is 37.1 Å². The first-order valence-corrected chi connectivity index (χ1v) is 10.7. The SMILES string of the molecule is CCn1c(SCC(=O)c2cccc([N+](=O)[O-])c2)nnc1[C@H](C)NC(=O)c1ccccc1F. The molecule has 11 heteroatoms. The molecule has 0 saturated heterocycles. The number of non-ortho nitro benzene ring substituents is 1. The Balaban J connectivity index is 1.70. The minimum absolute atomic E-state index is 0.00919. The molecule has 0 aliphatic carbocycles. The first-order valence-electron chi connectivity index (χ1n) is 9.70. The number of hydrogen-bond acceptors (Lipinski definition) is 7. The Labute approximate surface area is 187 Å². The Morgan fingerprint density at radius 3 is 2.66 bits per heavy atom. The van der Waals surface area contributed by atoms with E-state index in [-0.39, 0.29) is 28.4 Å². The highest BCUT2D eigenvalue weighted by atomic mass is 32.2. The van der Waals surface area contributed by atoms with E-state index in [2.05, 4.69) is 15.5 Å². The van der Waals surface area contributed by atoms with Gasteiger partial charge in [-0.3, -0.25) is 19.7 Å². The lowest BCUT2D eigenvalue weighted by molar-refractivity contribution is -0.384. The molecule has 0 unspecified atom stereocenters. The van der Waals surface area contributed by atoms with Gasteiger partial charge < -0.3 is 9.88 Å². The Kier molecular flexibility index (Phi) is 7.31. The second kappa shape index (κ2) is 10.1. The molecule has 1 heterocycles. The van der Waals surface area contributed by atoms with Crippen molar-refractivity contribution in [1.82, 2.24) is 20.1 Å². The van der Waals surface area contributed by atoms with Crippen molar-refractivity contribution in [3.05, 3.63) is 81.4 Å². The van der Waals surface area contributed by atoms with Crippen LogP contribution in [0, 0.1) is 15.9 Å². The Bertz CT molecular complexity index is 1170. The van der Waals surface area contributed by atoms with E-state index in [0.29, 0.717) is 17.5 Å². The van der Waals surface area contributed by atoms with E-state index in [1.807, 2.05) is 6.92 Å². The van der Waals surface area contributed by atoms with Crippen molar-refractivity contribution in [1.29, 1.82) is 0 Å². The summed E-state index contributed by atoms with van der Waals surface area (Å²) in [6, 6.07) is 10.7. The van der Waals surface area contributed by atoms with Crippen LogP contribution in [0.3, 0.4) is 0 Å². The van der Waals surface area contributed by atoms with Crippen molar-refractivity contribution in [3.8, 4) is 0 Å². The van der Waals surface area contributed by atoms with Crippen LogP contribution in [0.2, 0.25) is 0 Å². The first-order chi connectivity index (χ1) is 15.3. The minimum Gasteiger partial charge on any atom is -0.342 e. The summed E-state index contributed by atoms with van der Waals surface area (Å²) < 4.78 is 15.6. The molecule has 3 rings (SSSR count). The maximum Gasteiger partial charge on any atom is 0.270 e. The van der Waals surface area contributed by atoms with E-state index in [9.17, 15) is 24.1 Å². The van der Waals surface area contributed by atoms with Gasteiger partial charge in [-0.15, -0.1) is 10.2 Å². The van der Waals surface area contributed by atoms with E-state index in [1.54, 1.807) is 17.6 Å². The molecule has 0 aliphatic rings. The van der Waals surface area contributed by atoms with Crippen LogP contribution in [0.4, 0.5) is 10.1 Å². The molecule has 1 aromatic heterocycles. The molecule has 0 spiro atoms. The summed E-state index contributed by atoms with van der Waals surface area (Å²) in [6.45, 7) is 4.05. The lowest BCUT2D eigenvalue weighted by atomic mass is 10.1. The molecular weight excluding hydrogens is 437 g/mol. The molecule has 1 atom stereocenters. The van der Waals surface area contributed by atoms with Crippen molar-refractivity contribution in [2.75, 3.05) is 5.75 Å². The molecule has 0 bridgehead atoms. The van der Waals surface area contributed by atoms with Gasteiger partial charge in [0.05, 0.1) is 22.3 Å².